The predicted molar refractivity (Wildman–Crippen MR) is 122 cm³/mol. The van der Waals surface area contributed by atoms with Crippen LogP contribution in [-0.4, -0.2) is 23.2 Å². The van der Waals surface area contributed by atoms with E-state index >= 15 is 0 Å². The van der Waals surface area contributed by atoms with Crippen molar-refractivity contribution in [3.63, 3.8) is 0 Å². The number of carbonyl (C=O) groups is 1. The molecule has 2 heterocycles. The Bertz CT molecular complexity index is 1170. The highest BCUT2D eigenvalue weighted by atomic mass is 19.1. The van der Waals surface area contributed by atoms with Gasteiger partial charge in [0.1, 0.15) is 23.4 Å². The molecule has 3 aromatic rings. The lowest BCUT2D eigenvalue weighted by molar-refractivity contribution is -0.137. The zero-order valence-electron chi connectivity index (χ0n) is 18.5. The summed E-state index contributed by atoms with van der Waals surface area (Å²) in [7, 11) is 1.55. The number of aliphatic carboxylic acids is 1. The molecule has 170 valence electrons. The van der Waals surface area contributed by atoms with E-state index in [1.54, 1.807) is 25.4 Å². The number of halogens is 1. The number of benzene rings is 2. The molecule has 1 aromatic heterocycles. The molecule has 2 atom stereocenters. The molecule has 33 heavy (non-hydrogen) atoms. The summed E-state index contributed by atoms with van der Waals surface area (Å²) in [5.41, 5.74) is 4.08. The summed E-state index contributed by atoms with van der Waals surface area (Å²) < 4.78 is 25.8. The number of nitrogens with zero attached hydrogens (tertiary/aromatic N) is 1. The molecule has 1 aliphatic carbocycles. The van der Waals surface area contributed by atoms with Gasteiger partial charge in [0.05, 0.1) is 19.2 Å². The minimum absolute atomic E-state index is 0.0342. The standard InChI is InChI=1S/C27H26FNO4/c1-32-20-8-9-23(28)22(13-20)19-6-10-24(29-15-19)25-11-7-17-4-5-18(12-26(17)33-25)21(14-27(30)31)16-2-3-16/h4-6,8-10,12-13,15-16,21,25H,2-3,7,11,14H2,1H3,(H,30,31)/t21-,25?/m0/s1. The molecule has 0 amide bonds. The molecule has 2 aromatic carbocycles. The monoisotopic (exact) mass is 447 g/mol. The van der Waals surface area contributed by atoms with Gasteiger partial charge in [0.25, 0.3) is 0 Å². The fourth-order valence-electron chi connectivity index (χ4n) is 4.68. The van der Waals surface area contributed by atoms with Gasteiger partial charge in [-0.25, -0.2) is 4.39 Å². The smallest absolute Gasteiger partial charge is 0.303 e. The molecule has 0 spiro atoms. The zero-order valence-corrected chi connectivity index (χ0v) is 18.5. The molecule has 1 aliphatic heterocycles. The number of hydrogen-bond acceptors (Lipinski definition) is 4. The minimum Gasteiger partial charge on any atom is -0.497 e. The second-order valence-electron chi connectivity index (χ2n) is 8.87. The SMILES string of the molecule is COc1ccc(F)c(-c2ccc(C3CCc4ccc([C@@H](CC(=O)O)C5CC5)cc4O3)nc2)c1. The summed E-state index contributed by atoms with van der Waals surface area (Å²) in [5, 5.41) is 9.33. The van der Waals surface area contributed by atoms with Crippen LogP contribution in [0.2, 0.25) is 0 Å². The summed E-state index contributed by atoms with van der Waals surface area (Å²) in [6.45, 7) is 0. The van der Waals surface area contributed by atoms with Gasteiger partial charge < -0.3 is 14.6 Å². The maximum atomic E-state index is 14.3. The highest BCUT2D eigenvalue weighted by Crippen LogP contribution is 2.46. The van der Waals surface area contributed by atoms with Crippen LogP contribution in [0.25, 0.3) is 11.1 Å². The van der Waals surface area contributed by atoms with Crippen LogP contribution in [0, 0.1) is 11.7 Å². The molecule has 0 radical (unpaired) electrons. The molecule has 0 bridgehead atoms. The Morgan fingerprint density at radius 2 is 2.03 bits per heavy atom. The van der Waals surface area contributed by atoms with Crippen LogP contribution >= 0.6 is 0 Å². The van der Waals surface area contributed by atoms with Gasteiger partial charge in [0.15, 0.2) is 0 Å². The molecule has 5 rings (SSSR count). The van der Waals surface area contributed by atoms with Crippen LogP contribution in [0.1, 0.15) is 54.5 Å². The average Bonchev–Trinajstić information content (AvgIpc) is 3.68. The topological polar surface area (TPSA) is 68.7 Å². The number of fused-ring (bicyclic) bond motifs is 1. The van der Waals surface area contributed by atoms with Crippen molar-refractivity contribution >= 4 is 5.97 Å². The lowest BCUT2D eigenvalue weighted by Gasteiger charge is -2.27. The van der Waals surface area contributed by atoms with Gasteiger partial charge in [-0.3, -0.25) is 9.78 Å². The number of carboxylic acids is 1. The second-order valence-corrected chi connectivity index (χ2v) is 8.87. The maximum Gasteiger partial charge on any atom is 0.303 e. The Morgan fingerprint density at radius 1 is 1.18 bits per heavy atom. The van der Waals surface area contributed by atoms with Crippen molar-refractivity contribution < 1.29 is 23.8 Å². The summed E-state index contributed by atoms with van der Waals surface area (Å²) in [4.78, 5) is 15.9. The molecule has 6 heteroatoms. The van der Waals surface area contributed by atoms with Crippen molar-refractivity contribution in [3.05, 3.63) is 77.4 Å². The first-order valence-corrected chi connectivity index (χ1v) is 11.3. The third kappa shape index (κ3) is 4.56. The molecule has 5 nitrogen and oxygen atoms in total. The number of rotatable bonds is 7. The van der Waals surface area contributed by atoms with E-state index in [-0.39, 0.29) is 24.3 Å². The molecule has 1 N–H and O–H groups in total. The molecular weight excluding hydrogens is 421 g/mol. The van der Waals surface area contributed by atoms with Crippen molar-refractivity contribution in [2.45, 2.75) is 44.1 Å². The lowest BCUT2D eigenvalue weighted by Crippen LogP contribution is -2.17. The molecule has 2 aliphatic rings. The molecule has 1 fully saturated rings. The van der Waals surface area contributed by atoms with Crippen LogP contribution in [0.3, 0.4) is 0 Å². The number of methoxy groups -OCH3 is 1. The van der Waals surface area contributed by atoms with E-state index in [1.807, 2.05) is 18.2 Å². The average molecular weight is 448 g/mol. The Hall–Kier alpha value is -3.41. The molecule has 0 saturated heterocycles. The summed E-state index contributed by atoms with van der Waals surface area (Å²) in [6, 6.07) is 14.5. The highest BCUT2D eigenvalue weighted by Gasteiger charge is 2.34. The summed E-state index contributed by atoms with van der Waals surface area (Å²) in [5.74, 6) is 0.791. The number of ether oxygens (including phenoxy) is 2. The van der Waals surface area contributed by atoms with Crippen LogP contribution in [0.15, 0.2) is 54.7 Å². The fourth-order valence-corrected chi connectivity index (χ4v) is 4.68. The minimum atomic E-state index is -0.764. The first-order chi connectivity index (χ1) is 16.0. The van der Waals surface area contributed by atoms with Crippen molar-refractivity contribution in [3.8, 4) is 22.6 Å². The van der Waals surface area contributed by atoms with Crippen molar-refractivity contribution in [1.82, 2.24) is 4.98 Å². The van der Waals surface area contributed by atoms with E-state index in [0.717, 1.165) is 48.3 Å². The lowest BCUT2D eigenvalue weighted by atomic mass is 9.89. The van der Waals surface area contributed by atoms with Gasteiger partial charge in [-0.2, -0.15) is 0 Å². The molecule has 1 saturated carbocycles. The number of pyridine rings is 1. The van der Waals surface area contributed by atoms with Crippen LogP contribution < -0.4 is 9.47 Å². The zero-order chi connectivity index (χ0) is 22.9. The predicted octanol–water partition coefficient (Wildman–Crippen LogP) is 5.93. The van der Waals surface area contributed by atoms with Crippen LogP contribution in [0.4, 0.5) is 4.39 Å². The summed E-state index contributed by atoms with van der Waals surface area (Å²) in [6.07, 6.45) is 5.45. The van der Waals surface area contributed by atoms with Gasteiger partial charge in [0, 0.05) is 17.3 Å². The largest absolute Gasteiger partial charge is 0.497 e. The van der Waals surface area contributed by atoms with Gasteiger partial charge in [-0.15, -0.1) is 0 Å². The Balaban J connectivity index is 1.36. The van der Waals surface area contributed by atoms with Crippen molar-refractivity contribution in [2.24, 2.45) is 5.92 Å². The molecular formula is C27H26FNO4. The van der Waals surface area contributed by atoms with E-state index in [0.29, 0.717) is 22.8 Å². The quantitative estimate of drug-likeness (QED) is 0.486. The van der Waals surface area contributed by atoms with E-state index in [1.165, 1.54) is 6.07 Å². The van der Waals surface area contributed by atoms with Gasteiger partial charge >= 0.3 is 5.97 Å². The van der Waals surface area contributed by atoms with Crippen molar-refractivity contribution in [1.29, 1.82) is 0 Å². The normalized spacial score (nSPS) is 18.2. The van der Waals surface area contributed by atoms with E-state index in [2.05, 4.69) is 17.1 Å². The third-order valence-electron chi connectivity index (χ3n) is 6.65. The number of hydrogen-bond donors (Lipinski definition) is 1. The Morgan fingerprint density at radius 3 is 2.73 bits per heavy atom. The maximum absolute atomic E-state index is 14.3. The first-order valence-electron chi connectivity index (χ1n) is 11.3. The summed E-state index contributed by atoms with van der Waals surface area (Å²) >= 11 is 0. The second kappa shape index (κ2) is 8.85. The van der Waals surface area contributed by atoms with Gasteiger partial charge in [-0.05, 0) is 79.0 Å². The van der Waals surface area contributed by atoms with E-state index in [9.17, 15) is 14.3 Å². The Labute approximate surface area is 192 Å². The van der Waals surface area contributed by atoms with E-state index < -0.39 is 5.97 Å². The van der Waals surface area contributed by atoms with Crippen molar-refractivity contribution in [2.75, 3.05) is 7.11 Å². The van der Waals surface area contributed by atoms with Gasteiger partial charge in [0.2, 0.25) is 0 Å². The van der Waals surface area contributed by atoms with Gasteiger partial charge in [-0.1, -0.05) is 18.2 Å². The Kier molecular flexibility index (Phi) is 5.75. The number of aromatic nitrogens is 1. The fraction of sp³-hybridized carbons (Fsp3) is 0.333. The van der Waals surface area contributed by atoms with E-state index in [4.69, 9.17) is 9.47 Å². The van der Waals surface area contributed by atoms with Crippen LogP contribution in [0.5, 0.6) is 11.5 Å². The first kappa shape index (κ1) is 21.4. The number of carboxylic acid groups (broad SMARTS) is 1. The number of aryl methyl sites for hydroxylation is 1. The molecule has 1 unspecified atom stereocenters. The third-order valence-corrected chi connectivity index (χ3v) is 6.65. The highest BCUT2D eigenvalue weighted by molar-refractivity contribution is 5.68. The van der Waals surface area contributed by atoms with Crippen LogP contribution in [-0.2, 0) is 11.2 Å².